The average molecular weight is 291 g/mol. The molecule has 2 rings (SSSR count). The van der Waals surface area contributed by atoms with Crippen LogP contribution in [0.4, 0.5) is 4.79 Å². The third-order valence-electron chi connectivity index (χ3n) is 4.17. The Labute approximate surface area is 126 Å². The van der Waals surface area contributed by atoms with E-state index in [9.17, 15) is 9.90 Å². The van der Waals surface area contributed by atoms with Crippen molar-refractivity contribution in [1.29, 1.82) is 0 Å². The van der Waals surface area contributed by atoms with Gasteiger partial charge in [0.15, 0.2) is 0 Å². The number of benzene rings is 1. The zero-order valence-electron chi connectivity index (χ0n) is 12.5. The SMILES string of the molecule is O=C(N[C@H](CCO)C1CCCCC1)OCc1ccccc1. The highest BCUT2D eigenvalue weighted by Crippen LogP contribution is 2.27. The molecule has 0 saturated heterocycles. The van der Waals surface area contributed by atoms with Crippen LogP contribution >= 0.6 is 0 Å². The molecule has 1 aliphatic rings. The first kappa shape index (κ1) is 15.8. The van der Waals surface area contributed by atoms with Crippen LogP contribution in [-0.4, -0.2) is 23.8 Å². The topological polar surface area (TPSA) is 58.6 Å². The maximum atomic E-state index is 11.9. The van der Waals surface area contributed by atoms with Gasteiger partial charge in [-0.15, -0.1) is 0 Å². The summed E-state index contributed by atoms with van der Waals surface area (Å²) < 4.78 is 5.26. The van der Waals surface area contributed by atoms with Crippen molar-refractivity contribution in [1.82, 2.24) is 5.32 Å². The Morgan fingerprint density at radius 3 is 2.62 bits per heavy atom. The summed E-state index contributed by atoms with van der Waals surface area (Å²) in [5.74, 6) is 0.468. The molecule has 1 atom stereocenters. The maximum Gasteiger partial charge on any atom is 0.407 e. The first-order chi connectivity index (χ1) is 10.3. The standard InChI is InChI=1S/C17H25NO3/c19-12-11-16(15-9-5-2-6-10-15)18-17(20)21-13-14-7-3-1-4-8-14/h1,3-4,7-8,15-16,19H,2,5-6,9-13H2,(H,18,20)/t16-/m1/s1. The number of hydrogen-bond donors (Lipinski definition) is 2. The van der Waals surface area contributed by atoms with Crippen LogP contribution in [0.3, 0.4) is 0 Å². The molecule has 0 unspecified atom stereocenters. The molecule has 116 valence electrons. The Morgan fingerprint density at radius 2 is 1.95 bits per heavy atom. The quantitative estimate of drug-likeness (QED) is 0.846. The number of aliphatic hydroxyl groups is 1. The first-order valence-corrected chi connectivity index (χ1v) is 7.87. The monoisotopic (exact) mass is 291 g/mol. The van der Waals surface area contributed by atoms with Crippen molar-refractivity contribution in [2.75, 3.05) is 6.61 Å². The van der Waals surface area contributed by atoms with E-state index in [4.69, 9.17) is 4.74 Å². The highest BCUT2D eigenvalue weighted by atomic mass is 16.5. The summed E-state index contributed by atoms with van der Waals surface area (Å²) in [6, 6.07) is 9.67. The third kappa shape index (κ3) is 5.38. The van der Waals surface area contributed by atoms with E-state index >= 15 is 0 Å². The predicted molar refractivity (Wildman–Crippen MR) is 81.8 cm³/mol. The van der Waals surface area contributed by atoms with Gasteiger partial charge in [-0.25, -0.2) is 4.79 Å². The molecule has 0 heterocycles. The molecule has 2 N–H and O–H groups in total. The van der Waals surface area contributed by atoms with E-state index in [0.29, 0.717) is 12.3 Å². The molecule has 0 radical (unpaired) electrons. The molecular weight excluding hydrogens is 266 g/mol. The molecule has 0 aliphatic heterocycles. The Bertz CT molecular complexity index is 415. The lowest BCUT2D eigenvalue weighted by Crippen LogP contribution is -2.42. The van der Waals surface area contributed by atoms with E-state index in [1.807, 2.05) is 30.3 Å². The lowest BCUT2D eigenvalue weighted by molar-refractivity contribution is 0.124. The minimum absolute atomic E-state index is 0.0265. The first-order valence-electron chi connectivity index (χ1n) is 7.87. The molecule has 1 aliphatic carbocycles. The summed E-state index contributed by atoms with van der Waals surface area (Å²) in [7, 11) is 0. The fourth-order valence-corrected chi connectivity index (χ4v) is 3.02. The van der Waals surface area contributed by atoms with Crippen molar-refractivity contribution in [2.24, 2.45) is 5.92 Å². The molecule has 0 aromatic heterocycles. The molecule has 21 heavy (non-hydrogen) atoms. The van der Waals surface area contributed by atoms with Crippen LogP contribution in [0.25, 0.3) is 0 Å². The summed E-state index contributed by atoms with van der Waals surface area (Å²) in [5.41, 5.74) is 0.976. The number of nitrogens with one attached hydrogen (secondary N) is 1. The summed E-state index contributed by atoms with van der Waals surface area (Å²) in [5, 5.41) is 12.1. The minimum Gasteiger partial charge on any atom is -0.445 e. The molecule has 1 aromatic rings. The van der Waals surface area contributed by atoms with Gasteiger partial charge in [-0.05, 0) is 30.7 Å². The number of rotatable bonds is 6. The number of alkyl carbamates (subject to hydrolysis) is 1. The van der Waals surface area contributed by atoms with Crippen molar-refractivity contribution >= 4 is 6.09 Å². The normalized spacial score (nSPS) is 17.2. The Morgan fingerprint density at radius 1 is 1.24 bits per heavy atom. The summed E-state index contributed by atoms with van der Waals surface area (Å²) in [6.07, 6.45) is 6.18. The molecular formula is C17H25NO3. The minimum atomic E-state index is -0.386. The van der Waals surface area contributed by atoms with Crippen LogP contribution in [0.15, 0.2) is 30.3 Å². The largest absolute Gasteiger partial charge is 0.445 e. The van der Waals surface area contributed by atoms with Gasteiger partial charge in [-0.1, -0.05) is 49.6 Å². The number of carbonyl (C=O) groups excluding carboxylic acids is 1. The highest BCUT2D eigenvalue weighted by Gasteiger charge is 2.25. The number of amides is 1. The van der Waals surface area contributed by atoms with Crippen molar-refractivity contribution in [3.63, 3.8) is 0 Å². The van der Waals surface area contributed by atoms with Crippen LogP contribution in [0.5, 0.6) is 0 Å². The number of ether oxygens (including phenoxy) is 1. The van der Waals surface area contributed by atoms with Gasteiger partial charge in [0, 0.05) is 12.6 Å². The molecule has 1 aromatic carbocycles. The second-order valence-electron chi connectivity index (χ2n) is 5.72. The van der Waals surface area contributed by atoms with E-state index in [0.717, 1.165) is 18.4 Å². The number of hydrogen-bond acceptors (Lipinski definition) is 3. The van der Waals surface area contributed by atoms with Crippen molar-refractivity contribution in [2.45, 2.75) is 51.2 Å². The average Bonchev–Trinajstić information content (AvgIpc) is 2.54. The lowest BCUT2D eigenvalue weighted by atomic mass is 9.83. The summed E-state index contributed by atoms with van der Waals surface area (Å²) in [4.78, 5) is 11.9. The van der Waals surface area contributed by atoms with Gasteiger partial charge in [0.25, 0.3) is 0 Å². The zero-order chi connectivity index (χ0) is 14.9. The molecule has 0 spiro atoms. The van der Waals surface area contributed by atoms with Gasteiger partial charge >= 0.3 is 6.09 Å². The Kier molecular flexibility index (Phi) is 6.54. The Balaban J connectivity index is 1.80. The molecule has 4 nitrogen and oxygen atoms in total. The molecule has 4 heteroatoms. The zero-order valence-corrected chi connectivity index (χ0v) is 12.5. The van der Waals surface area contributed by atoms with Crippen LogP contribution in [-0.2, 0) is 11.3 Å². The van der Waals surface area contributed by atoms with E-state index in [2.05, 4.69) is 5.32 Å². The summed E-state index contributed by atoms with van der Waals surface area (Å²) >= 11 is 0. The van der Waals surface area contributed by atoms with Crippen LogP contribution in [0, 0.1) is 5.92 Å². The summed E-state index contributed by atoms with van der Waals surface area (Å²) in [6.45, 7) is 0.378. The second kappa shape index (κ2) is 8.67. The fourth-order valence-electron chi connectivity index (χ4n) is 3.02. The molecule has 1 amide bonds. The maximum absolute atomic E-state index is 11.9. The number of carbonyl (C=O) groups is 1. The van der Waals surface area contributed by atoms with Crippen molar-refractivity contribution < 1.29 is 14.6 Å². The highest BCUT2D eigenvalue weighted by molar-refractivity contribution is 5.67. The van der Waals surface area contributed by atoms with Gasteiger partial charge in [0.2, 0.25) is 0 Å². The van der Waals surface area contributed by atoms with E-state index < -0.39 is 0 Å². The fraction of sp³-hybridized carbons (Fsp3) is 0.588. The van der Waals surface area contributed by atoms with Gasteiger partial charge < -0.3 is 15.2 Å². The van der Waals surface area contributed by atoms with E-state index in [1.54, 1.807) is 0 Å². The van der Waals surface area contributed by atoms with Crippen LogP contribution < -0.4 is 5.32 Å². The third-order valence-corrected chi connectivity index (χ3v) is 4.17. The Hall–Kier alpha value is -1.55. The van der Waals surface area contributed by atoms with Crippen LogP contribution in [0.1, 0.15) is 44.1 Å². The van der Waals surface area contributed by atoms with Crippen LogP contribution in [0.2, 0.25) is 0 Å². The predicted octanol–water partition coefficient (Wildman–Crippen LogP) is 3.24. The molecule has 1 fully saturated rings. The molecule has 0 bridgehead atoms. The van der Waals surface area contributed by atoms with E-state index in [1.165, 1.54) is 19.3 Å². The van der Waals surface area contributed by atoms with Gasteiger partial charge in [-0.3, -0.25) is 0 Å². The second-order valence-corrected chi connectivity index (χ2v) is 5.72. The van der Waals surface area contributed by atoms with Crippen molar-refractivity contribution in [3.8, 4) is 0 Å². The van der Waals surface area contributed by atoms with Gasteiger partial charge in [0.05, 0.1) is 0 Å². The van der Waals surface area contributed by atoms with E-state index in [-0.39, 0.29) is 25.3 Å². The van der Waals surface area contributed by atoms with Crippen molar-refractivity contribution in [3.05, 3.63) is 35.9 Å². The lowest BCUT2D eigenvalue weighted by Gasteiger charge is -2.30. The molecule has 1 saturated carbocycles. The number of aliphatic hydroxyl groups excluding tert-OH is 1. The van der Waals surface area contributed by atoms with Gasteiger partial charge in [-0.2, -0.15) is 0 Å². The smallest absolute Gasteiger partial charge is 0.407 e. The van der Waals surface area contributed by atoms with Gasteiger partial charge in [0.1, 0.15) is 6.61 Å².